The summed E-state index contributed by atoms with van der Waals surface area (Å²) in [5, 5.41) is 7.34. The summed E-state index contributed by atoms with van der Waals surface area (Å²) >= 11 is 1.09. The molecule has 2 N–H and O–H groups in total. The molecule has 0 spiro atoms. The molecular weight excluding hydrogens is 326 g/mol. The smallest absolute Gasteiger partial charge is 0.307 e. The van der Waals surface area contributed by atoms with Crippen LogP contribution in [-0.4, -0.2) is 16.4 Å². The van der Waals surface area contributed by atoms with Gasteiger partial charge in [-0.05, 0) is 24.6 Å². The molecule has 24 heavy (non-hydrogen) atoms. The van der Waals surface area contributed by atoms with Gasteiger partial charge in [0.25, 0.3) is 0 Å². The number of rotatable bonds is 6. The zero-order valence-corrected chi connectivity index (χ0v) is 14.8. The van der Waals surface area contributed by atoms with Crippen LogP contribution in [0.1, 0.15) is 25.1 Å². The number of nitrogens with zero attached hydrogens (tertiary/aromatic N) is 1. The van der Waals surface area contributed by atoms with E-state index in [0.717, 1.165) is 28.3 Å². The van der Waals surface area contributed by atoms with Crippen LogP contribution in [0.4, 0.5) is 5.69 Å². The van der Waals surface area contributed by atoms with Gasteiger partial charge in [0.1, 0.15) is 6.54 Å². The summed E-state index contributed by atoms with van der Waals surface area (Å²) in [5.41, 5.74) is 2.43. The predicted molar refractivity (Wildman–Crippen MR) is 95.1 cm³/mol. The Hall–Kier alpha value is -2.41. The van der Waals surface area contributed by atoms with Gasteiger partial charge in [-0.3, -0.25) is 19.0 Å². The molecule has 0 aliphatic carbocycles. The van der Waals surface area contributed by atoms with Crippen molar-refractivity contribution in [2.24, 2.45) is 5.92 Å². The largest absolute Gasteiger partial charge is 0.350 e. The molecule has 0 saturated heterocycles. The van der Waals surface area contributed by atoms with Crippen molar-refractivity contribution >= 4 is 28.8 Å². The Bertz CT molecular complexity index is 775. The normalized spacial score (nSPS) is 10.7. The summed E-state index contributed by atoms with van der Waals surface area (Å²) in [6.45, 7) is 5.86. The standard InChI is InChI=1S/C17H21N3O3S/c1-11(2)16(22)19-14-6-4-13(5-7-14)8-18-15(21)9-20-12(3)10-24-17(20)23/h4-7,10-11H,8-9H2,1-3H3,(H,18,21)(H,19,22). The molecule has 0 saturated carbocycles. The summed E-state index contributed by atoms with van der Waals surface area (Å²) in [5.74, 6) is -0.323. The minimum atomic E-state index is -0.212. The summed E-state index contributed by atoms with van der Waals surface area (Å²) in [6, 6.07) is 7.29. The van der Waals surface area contributed by atoms with Crippen molar-refractivity contribution < 1.29 is 9.59 Å². The van der Waals surface area contributed by atoms with Crippen molar-refractivity contribution in [2.45, 2.75) is 33.9 Å². The maximum absolute atomic E-state index is 12.0. The van der Waals surface area contributed by atoms with Gasteiger partial charge in [-0.2, -0.15) is 0 Å². The second-order valence-corrected chi connectivity index (χ2v) is 6.67. The van der Waals surface area contributed by atoms with Gasteiger partial charge in [-0.25, -0.2) is 0 Å². The van der Waals surface area contributed by atoms with E-state index in [1.54, 1.807) is 24.4 Å². The molecule has 2 amide bonds. The molecule has 2 rings (SSSR count). The first-order valence-corrected chi connectivity index (χ1v) is 8.56. The van der Waals surface area contributed by atoms with Crippen LogP contribution in [0.15, 0.2) is 34.4 Å². The van der Waals surface area contributed by atoms with E-state index in [1.807, 2.05) is 26.0 Å². The quantitative estimate of drug-likeness (QED) is 0.840. The first-order chi connectivity index (χ1) is 11.4. The number of benzene rings is 1. The van der Waals surface area contributed by atoms with Crippen LogP contribution in [0.3, 0.4) is 0 Å². The molecule has 0 fully saturated rings. The maximum atomic E-state index is 12.0. The lowest BCUT2D eigenvalue weighted by Gasteiger charge is -2.09. The number of aryl methyl sites for hydroxylation is 1. The van der Waals surface area contributed by atoms with E-state index in [2.05, 4.69) is 10.6 Å². The molecule has 0 atom stereocenters. The maximum Gasteiger partial charge on any atom is 0.307 e. The molecule has 7 heteroatoms. The molecule has 0 aliphatic rings. The third kappa shape index (κ3) is 4.79. The van der Waals surface area contributed by atoms with Crippen molar-refractivity contribution in [1.29, 1.82) is 0 Å². The molecule has 2 aromatic rings. The number of aromatic nitrogens is 1. The van der Waals surface area contributed by atoms with E-state index in [4.69, 9.17) is 0 Å². The zero-order valence-electron chi connectivity index (χ0n) is 14.0. The summed E-state index contributed by atoms with van der Waals surface area (Å²) < 4.78 is 1.45. The average molecular weight is 347 g/mol. The first kappa shape index (κ1) is 17.9. The molecule has 0 aliphatic heterocycles. The second kappa shape index (κ2) is 7.92. The Kier molecular flexibility index (Phi) is 5.92. The highest BCUT2D eigenvalue weighted by Gasteiger charge is 2.09. The van der Waals surface area contributed by atoms with Gasteiger partial charge in [0.05, 0.1) is 0 Å². The molecule has 1 heterocycles. The highest BCUT2D eigenvalue weighted by atomic mass is 32.1. The van der Waals surface area contributed by atoms with Crippen LogP contribution >= 0.6 is 11.3 Å². The van der Waals surface area contributed by atoms with E-state index in [0.29, 0.717) is 6.54 Å². The Morgan fingerprint density at radius 1 is 1.21 bits per heavy atom. The van der Waals surface area contributed by atoms with Gasteiger partial charge < -0.3 is 10.6 Å². The van der Waals surface area contributed by atoms with Gasteiger partial charge in [0.2, 0.25) is 11.8 Å². The SMILES string of the molecule is Cc1csc(=O)n1CC(=O)NCc1ccc(NC(=O)C(C)C)cc1. The molecule has 6 nitrogen and oxygen atoms in total. The van der Waals surface area contributed by atoms with Gasteiger partial charge in [0.15, 0.2) is 0 Å². The Labute approximate surface area is 144 Å². The molecular formula is C17H21N3O3S. The summed E-state index contributed by atoms with van der Waals surface area (Å²) in [4.78, 5) is 35.0. The van der Waals surface area contributed by atoms with Crippen molar-refractivity contribution in [3.8, 4) is 0 Å². The van der Waals surface area contributed by atoms with Crippen molar-refractivity contribution in [1.82, 2.24) is 9.88 Å². The lowest BCUT2D eigenvalue weighted by molar-refractivity contribution is -0.122. The van der Waals surface area contributed by atoms with Crippen molar-refractivity contribution in [2.75, 3.05) is 5.32 Å². The molecule has 0 bridgehead atoms. The van der Waals surface area contributed by atoms with E-state index in [1.165, 1.54) is 4.57 Å². The van der Waals surface area contributed by atoms with E-state index >= 15 is 0 Å². The van der Waals surface area contributed by atoms with Crippen molar-refractivity contribution in [3.63, 3.8) is 0 Å². The topological polar surface area (TPSA) is 80.2 Å². The third-order valence-electron chi connectivity index (χ3n) is 3.51. The Morgan fingerprint density at radius 3 is 2.42 bits per heavy atom. The second-order valence-electron chi connectivity index (χ2n) is 5.85. The molecule has 0 radical (unpaired) electrons. The highest BCUT2D eigenvalue weighted by molar-refractivity contribution is 7.07. The third-order valence-corrected chi connectivity index (χ3v) is 4.39. The van der Waals surface area contributed by atoms with Gasteiger partial charge in [-0.15, -0.1) is 0 Å². The number of anilines is 1. The monoisotopic (exact) mass is 347 g/mol. The molecule has 1 aromatic carbocycles. The van der Waals surface area contributed by atoms with E-state index in [9.17, 15) is 14.4 Å². The number of hydrogen-bond acceptors (Lipinski definition) is 4. The minimum Gasteiger partial charge on any atom is -0.350 e. The summed E-state index contributed by atoms with van der Waals surface area (Å²) in [7, 11) is 0. The lowest BCUT2D eigenvalue weighted by atomic mass is 10.1. The minimum absolute atomic E-state index is 0.0245. The van der Waals surface area contributed by atoms with Crippen LogP contribution < -0.4 is 15.5 Å². The molecule has 0 unspecified atom stereocenters. The van der Waals surface area contributed by atoms with Gasteiger partial charge in [-0.1, -0.05) is 37.3 Å². The Balaban J connectivity index is 1.87. The molecule has 1 aromatic heterocycles. The van der Waals surface area contributed by atoms with Gasteiger partial charge >= 0.3 is 4.87 Å². The number of carbonyl (C=O) groups is 2. The van der Waals surface area contributed by atoms with E-state index in [-0.39, 0.29) is 29.1 Å². The number of amides is 2. The van der Waals surface area contributed by atoms with Gasteiger partial charge in [0, 0.05) is 29.2 Å². The molecule has 128 valence electrons. The van der Waals surface area contributed by atoms with Crippen LogP contribution in [0.5, 0.6) is 0 Å². The van der Waals surface area contributed by atoms with Crippen LogP contribution in [0.25, 0.3) is 0 Å². The average Bonchev–Trinajstić information content (AvgIpc) is 2.86. The first-order valence-electron chi connectivity index (χ1n) is 7.68. The van der Waals surface area contributed by atoms with E-state index < -0.39 is 0 Å². The number of thiazole rings is 1. The van der Waals surface area contributed by atoms with Crippen LogP contribution in [-0.2, 0) is 22.7 Å². The highest BCUT2D eigenvalue weighted by Crippen LogP contribution is 2.11. The fourth-order valence-electron chi connectivity index (χ4n) is 1.99. The zero-order chi connectivity index (χ0) is 17.7. The lowest BCUT2D eigenvalue weighted by Crippen LogP contribution is -2.30. The van der Waals surface area contributed by atoms with Crippen molar-refractivity contribution in [3.05, 3.63) is 50.6 Å². The van der Waals surface area contributed by atoms with Crippen LogP contribution in [0.2, 0.25) is 0 Å². The fraction of sp³-hybridized carbons (Fsp3) is 0.353. The number of nitrogens with one attached hydrogen (secondary N) is 2. The Morgan fingerprint density at radius 2 is 1.88 bits per heavy atom. The summed E-state index contributed by atoms with van der Waals surface area (Å²) in [6.07, 6.45) is 0. The number of hydrogen-bond donors (Lipinski definition) is 2. The fourth-order valence-corrected chi connectivity index (χ4v) is 2.72. The number of carbonyl (C=O) groups excluding carboxylic acids is 2. The predicted octanol–water partition coefficient (Wildman–Crippen LogP) is 2.13. The van der Waals surface area contributed by atoms with Crippen LogP contribution in [0, 0.1) is 12.8 Å².